The molecule has 116 valence electrons. The van der Waals surface area contributed by atoms with Gasteiger partial charge in [-0.3, -0.25) is 4.79 Å². The molecule has 4 nitrogen and oxygen atoms in total. The first-order chi connectivity index (χ1) is 11.2. The van der Waals surface area contributed by atoms with E-state index in [1.165, 1.54) is 11.8 Å². The lowest BCUT2D eigenvalue weighted by molar-refractivity contribution is -0.115. The first kappa shape index (κ1) is 15.4. The van der Waals surface area contributed by atoms with Crippen LogP contribution in [0, 0.1) is 6.92 Å². The summed E-state index contributed by atoms with van der Waals surface area (Å²) in [4.78, 5) is 17.1. The van der Waals surface area contributed by atoms with Crippen molar-refractivity contribution in [1.82, 2.24) is 5.32 Å². The molecule has 23 heavy (non-hydrogen) atoms. The number of aryl methyl sites for hydroxylation is 1. The molecule has 2 aromatic carbocycles. The van der Waals surface area contributed by atoms with Crippen LogP contribution in [0.4, 0.5) is 5.69 Å². The van der Waals surface area contributed by atoms with E-state index in [1.807, 2.05) is 61.5 Å². The van der Waals surface area contributed by atoms with Crippen LogP contribution in [-0.4, -0.2) is 18.2 Å². The van der Waals surface area contributed by atoms with Gasteiger partial charge in [0.2, 0.25) is 0 Å². The quantitative estimate of drug-likeness (QED) is 0.871. The van der Waals surface area contributed by atoms with Gasteiger partial charge in [0, 0.05) is 0 Å². The van der Waals surface area contributed by atoms with Crippen LogP contribution in [0.15, 0.2) is 58.4 Å². The lowest BCUT2D eigenvalue weighted by atomic mass is 10.1. The molecular formula is C18H16N2O2S. The maximum absolute atomic E-state index is 12.1. The predicted molar refractivity (Wildman–Crippen MR) is 95.0 cm³/mol. The van der Waals surface area contributed by atoms with Crippen LogP contribution in [0.3, 0.4) is 0 Å². The van der Waals surface area contributed by atoms with Crippen LogP contribution in [0.5, 0.6) is 5.75 Å². The smallest absolute Gasteiger partial charge is 0.264 e. The van der Waals surface area contributed by atoms with Crippen molar-refractivity contribution in [1.29, 1.82) is 0 Å². The maximum atomic E-state index is 12.1. The molecule has 0 unspecified atom stereocenters. The number of para-hydroxylation sites is 1. The number of nitrogens with zero attached hydrogens (tertiary/aromatic N) is 1. The van der Waals surface area contributed by atoms with Crippen molar-refractivity contribution in [2.24, 2.45) is 4.99 Å². The minimum atomic E-state index is -0.127. The average Bonchev–Trinajstić information content (AvgIpc) is 2.88. The fraction of sp³-hybridized carbons (Fsp3) is 0.111. The molecule has 0 radical (unpaired) electrons. The number of methoxy groups -OCH3 is 1. The first-order valence-corrected chi connectivity index (χ1v) is 7.96. The van der Waals surface area contributed by atoms with Gasteiger partial charge in [0.25, 0.3) is 5.91 Å². The number of amidine groups is 1. The van der Waals surface area contributed by atoms with Gasteiger partial charge in [0.05, 0.1) is 17.7 Å². The third-order valence-electron chi connectivity index (χ3n) is 3.35. The van der Waals surface area contributed by atoms with Gasteiger partial charge in [-0.15, -0.1) is 0 Å². The van der Waals surface area contributed by atoms with Crippen molar-refractivity contribution in [3.63, 3.8) is 0 Å². The van der Waals surface area contributed by atoms with Gasteiger partial charge >= 0.3 is 0 Å². The second-order valence-corrected chi connectivity index (χ2v) is 6.08. The molecule has 0 bridgehead atoms. The summed E-state index contributed by atoms with van der Waals surface area (Å²) >= 11 is 1.34. The van der Waals surface area contributed by atoms with Gasteiger partial charge in [0.15, 0.2) is 5.17 Å². The van der Waals surface area contributed by atoms with Gasteiger partial charge in [-0.1, -0.05) is 24.3 Å². The molecule has 2 aromatic rings. The van der Waals surface area contributed by atoms with Crippen molar-refractivity contribution in [3.05, 3.63) is 64.6 Å². The Labute approximate surface area is 139 Å². The van der Waals surface area contributed by atoms with E-state index in [4.69, 9.17) is 4.74 Å². The number of carbonyl (C=O) groups excluding carboxylic acids is 1. The van der Waals surface area contributed by atoms with Crippen LogP contribution in [0.1, 0.15) is 11.1 Å². The van der Waals surface area contributed by atoms with Crippen molar-refractivity contribution >= 4 is 34.6 Å². The van der Waals surface area contributed by atoms with Gasteiger partial charge in [-0.05, 0) is 60.2 Å². The summed E-state index contributed by atoms with van der Waals surface area (Å²) < 4.78 is 5.25. The molecule has 3 rings (SSSR count). The van der Waals surface area contributed by atoms with E-state index in [0.29, 0.717) is 10.1 Å². The van der Waals surface area contributed by atoms with Gasteiger partial charge in [0.1, 0.15) is 5.75 Å². The highest BCUT2D eigenvalue weighted by atomic mass is 32.2. The summed E-state index contributed by atoms with van der Waals surface area (Å²) in [7, 11) is 1.65. The summed E-state index contributed by atoms with van der Waals surface area (Å²) in [5.74, 6) is 0.708. The van der Waals surface area contributed by atoms with Crippen molar-refractivity contribution in [2.75, 3.05) is 7.11 Å². The lowest BCUT2D eigenvalue weighted by Gasteiger charge is -2.04. The monoisotopic (exact) mass is 324 g/mol. The summed E-state index contributed by atoms with van der Waals surface area (Å²) in [6.45, 7) is 1.98. The van der Waals surface area contributed by atoms with E-state index in [-0.39, 0.29) is 5.91 Å². The summed E-state index contributed by atoms with van der Waals surface area (Å²) in [5.41, 5.74) is 2.81. The molecule has 1 heterocycles. The fourth-order valence-corrected chi connectivity index (χ4v) is 3.08. The third kappa shape index (κ3) is 3.63. The summed E-state index contributed by atoms with van der Waals surface area (Å²) in [6.07, 6.45) is 1.86. The second kappa shape index (κ2) is 6.71. The number of aliphatic imine (C=N–C) groups is 1. The SMILES string of the molecule is COc1ccc(C=C2SC(=Nc3ccccc3)NC2=O)cc1C. The first-order valence-electron chi connectivity index (χ1n) is 7.15. The number of hydrogen-bond donors (Lipinski definition) is 1. The van der Waals surface area contributed by atoms with E-state index in [9.17, 15) is 4.79 Å². The Bertz CT molecular complexity index is 798. The molecule has 1 aliphatic heterocycles. The van der Waals surface area contributed by atoms with E-state index in [2.05, 4.69) is 10.3 Å². The lowest BCUT2D eigenvalue weighted by Crippen LogP contribution is -2.19. The van der Waals surface area contributed by atoms with Crippen LogP contribution < -0.4 is 10.1 Å². The van der Waals surface area contributed by atoms with Crippen LogP contribution in [0.25, 0.3) is 6.08 Å². The number of rotatable bonds is 3. The number of nitrogens with one attached hydrogen (secondary N) is 1. The van der Waals surface area contributed by atoms with Crippen molar-refractivity contribution in [2.45, 2.75) is 6.92 Å². The van der Waals surface area contributed by atoms with Gasteiger partial charge in [-0.25, -0.2) is 4.99 Å². The molecule has 0 saturated carbocycles. The molecule has 1 N–H and O–H groups in total. The molecule has 1 aliphatic rings. The highest BCUT2D eigenvalue weighted by Crippen LogP contribution is 2.29. The number of benzene rings is 2. The molecular weight excluding hydrogens is 308 g/mol. The molecule has 0 aliphatic carbocycles. The Balaban J connectivity index is 1.83. The Hall–Kier alpha value is -2.53. The highest BCUT2D eigenvalue weighted by molar-refractivity contribution is 8.18. The molecule has 1 amide bonds. The standard InChI is InChI=1S/C18H16N2O2S/c1-12-10-13(8-9-15(12)22-2)11-16-17(21)20-18(23-16)19-14-6-4-3-5-7-14/h3-11H,1-2H3,(H,19,20,21). The largest absolute Gasteiger partial charge is 0.496 e. The number of thioether (sulfide) groups is 1. The zero-order valence-electron chi connectivity index (χ0n) is 12.9. The minimum Gasteiger partial charge on any atom is -0.496 e. The van der Waals surface area contributed by atoms with Crippen molar-refractivity contribution in [3.8, 4) is 5.75 Å². The van der Waals surface area contributed by atoms with Crippen molar-refractivity contribution < 1.29 is 9.53 Å². The fourth-order valence-electron chi connectivity index (χ4n) is 2.24. The van der Waals surface area contributed by atoms with E-state index >= 15 is 0 Å². The zero-order chi connectivity index (χ0) is 16.2. The third-order valence-corrected chi connectivity index (χ3v) is 4.26. The minimum absolute atomic E-state index is 0.127. The Morgan fingerprint density at radius 2 is 1.96 bits per heavy atom. The highest BCUT2D eigenvalue weighted by Gasteiger charge is 2.23. The normalized spacial score (nSPS) is 17.6. The molecule has 1 fully saturated rings. The Kier molecular flexibility index (Phi) is 4.48. The number of amides is 1. The van der Waals surface area contributed by atoms with Gasteiger partial charge in [-0.2, -0.15) is 0 Å². The zero-order valence-corrected chi connectivity index (χ0v) is 13.7. The number of carbonyl (C=O) groups is 1. The maximum Gasteiger partial charge on any atom is 0.264 e. The number of hydrogen-bond acceptors (Lipinski definition) is 4. The molecule has 0 spiro atoms. The van der Waals surface area contributed by atoms with E-state index in [0.717, 1.165) is 22.6 Å². The summed E-state index contributed by atoms with van der Waals surface area (Å²) in [5, 5.41) is 3.39. The molecule has 0 aromatic heterocycles. The van der Waals surface area contributed by atoms with Crippen LogP contribution >= 0.6 is 11.8 Å². The average molecular weight is 324 g/mol. The van der Waals surface area contributed by atoms with Crippen LogP contribution in [-0.2, 0) is 4.79 Å². The van der Waals surface area contributed by atoms with E-state index < -0.39 is 0 Å². The molecule has 1 saturated heterocycles. The Morgan fingerprint density at radius 1 is 1.17 bits per heavy atom. The molecule has 0 atom stereocenters. The molecule has 5 heteroatoms. The Morgan fingerprint density at radius 3 is 2.65 bits per heavy atom. The predicted octanol–water partition coefficient (Wildman–Crippen LogP) is 3.90. The summed E-state index contributed by atoms with van der Waals surface area (Å²) in [6, 6.07) is 15.4. The topological polar surface area (TPSA) is 50.7 Å². The second-order valence-electron chi connectivity index (χ2n) is 5.05. The number of ether oxygens (including phenoxy) is 1. The van der Waals surface area contributed by atoms with Crippen LogP contribution in [0.2, 0.25) is 0 Å². The van der Waals surface area contributed by atoms with E-state index in [1.54, 1.807) is 7.11 Å². The van der Waals surface area contributed by atoms with Gasteiger partial charge < -0.3 is 10.1 Å².